The monoisotopic (exact) mass is 220 g/mol. The van der Waals surface area contributed by atoms with Crippen LogP contribution in [0.1, 0.15) is 32.6 Å². The predicted octanol–water partition coefficient (Wildman–Crippen LogP) is 2.89. The summed E-state index contributed by atoms with van der Waals surface area (Å²) in [6, 6.07) is 0. The zero-order chi connectivity index (χ0) is 11.9. The van der Waals surface area contributed by atoms with Gasteiger partial charge < -0.3 is 4.74 Å². The van der Waals surface area contributed by atoms with E-state index in [1.807, 2.05) is 0 Å². The van der Waals surface area contributed by atoms with Crippen LogP contribution in [0, 0.1) is 11.3 Å². The van der Waals surface area contributed by atoms with Crippen LogP contribution in [0.3, 0.4) is 0 Å². The Bertz CT molecular complexity index is 356. The summed E-state index contributed by atoms with van der Waals surface area (Å²) in [5, 5.41) is 0. The van der Waals surface area contributed by atoms with Crippen LogP contribution in [0.4, 0.5) is 0 Å². The number of Topliss-reactive ketones (excluding diaryl/α,β-unsaturated/α-hetero) is 1. The van der Waals surface area contributed by atoms with E-state index in [0.717, 1.165) is 31.3 Å². The molecular formula is C14H20O2. The smallest absolute Gasteiger partial charge is 0.169 e. The Morgan fingerprint density at radius 3 is 2.56 bits per heavy atom. The van der Waals surface area contributed by atoms with Gasteiger partial charge in [-0.25, -0.2) is 0 Å². The minimum atomic E-state index is -0.192. The molecule has 0 aromatic carbocycles. The molecule has 0 aromatic heterocycles. The van der Waals surface area contributed by atoms with E-state index in [1.54, 1.807) is 7.11 Å². The molecule has 0 N–H and O–H groups in total. The van der Waals surface area contributed by atoms with Gasteiger partial charge in [-0.2, -0.15) is 0 Å². The van der Waals surface area contributed by atoms with Crippen LogP contribution in [0.15, 0.2) is 24.3 Å². The molecule has 2 fully saturated rings. The molecule has 0 heterocycles. The van der Waals surface area contributed by atoms with Crippen molar-refractivity contribution in [2.75, 3.05) is 7.11 Å². The Morgan fingerprint density at radius 1 is 1.44 bits per heavy atom. The lowest BCUT2D eigenvalue weighted by atomic mass is 9.67. The second-order valence-corrected chi connectivity index (χ2v) is 5.36. The summed E-state index contributed by atoms with van der Waals surface area (Å²) >= 11 is 0. The van der Waals surface area contributed by atoms with Crippen LogP contribution in [0.2, 0.25) is 0 Å². The second-order valence-electron chi connectivity index (χ2n) is 5.36. The normalized spacial score (nSPS) is 39.8. The standard InChI is InChI=1S/C14H20O2/c1-9-7-14(13(15)11(9)3)6-5-12(16-4)10(2)8-14/h10,12H,1,3,5-8H2,2,4H3. The van der Waals surface area contributed by atoms with Gasteiger partial charge in [0.25, 0.3) is 0 Å². The quantitative estimate of drug-likeness (QED) is 0.635. The van der Waals surface area contributed by atoms with Crippen molar-refractivity contribution in [3.63, 3.8) is 0 Å². The third-order valence-corrected chi connectivity index (χ3v) is 4.29. The summed E-state index contributed by atoms with van der Waals surface area (Å²) in [7, 11) is 1.76. The highest BCUT2D eigenvalue weighted by molar-refractivity contribution is 6.06. The molecule has 0 radical (unpaired) electrons. The molecule has 2 saturated carbocycles. The molecule has 2 aliphatic carbocycles. The number of allylic oxidation sites excluding steroid dienone is 2. The fraction of sp³-hybridized carbons (Fsp3) is 0.643. The van der Waals surface area contributed by atoms with E-state index in [1.165, 1.54) is 0 Å². The van der Waals surface area contributed by atoms with Crippen LogP contribution in [-0.4, -0.2) is 19.0 Å². The Balaban J connectivity index is 2.20. The summed E-state index contributed by atoms with van der Waals surface area (Å²) in [5.41, 5.74) is 1.40. The number of carbonyl (C=O) groups excluding carboxylic acids is 1. The van der Waals surface area contributed by atoms with Gasteiger partial charge in [0, 0.05) is 18.1 Å². The lowest BCUT2D eigenvalue weighted by molar-refractivity contribution is -0.128. The summed E-state index contributed by atoms with van der Waals surface area (Å²) in [6.07, 6.45) is 3.94. The number of ketones is 1. The third-order valence-electron chi connectivity index (χ3n) is 4.29. The number of hydrogen-bond acceptors (Lipinski definition) is 2. The van der Waals surface area contributed by atoms with Crippen molar-refractivity contribution in [3.8, 4) is 0 Å². The van der Waals surface area contributed by atoms with Crippen molar-refractivity contribution in [2.24, 2.45) is 11.3 Å². The first-order chi connectivity index (χ1) is 7.50. The van der Waals surface area contributed by atoms with Gasteiger partial charge >= 0.3 is 0 Å². The lowest BCUT2D eigenvalue weighted by Crippen LogP contribution is -2.39. The lowest BCUT2D eigenvalue weighted by Gasteiger charge is -2.39. The number of ether oxygens (including phenoxy) is 1. The number of hydrogen-bond donors (Lipinski definition) is 0. The molecule has 0 saturated heterocycles. The van der Waals surface area contributed by atoms with Gasteiger partial charge in [-0.3, -0.25) is 4.79 Å². The zero-order valence-corrected chi connectivity index (χ0v) is 10.2. The van der Waals surface area contributed by atoms with Gasteiger partial charge in [-0.15, -0.1) is 0 Å². The van der Waals surface area contributed by atoms with E-state index >= 15 is 0 Å². The topological polar surface area (TPSA) is 26.3 Å². The molecule has 0 aromatic rings. The van der Waals surface area contributed by atoms with Gasteiger partial charge in [0.2, 0.25) is 0 Å². The Morgan fingerprint density at radius 2 is 2.12 bits per heavy atom. The molecule has 2 heteroatoms. The first-order valence-electron chi connectivity index (χ1n) is 5.95. The second kappa shape index (κ2) is 3.85. The molecule has 2 rings (SSSR count). The van der Waals surface area contributed by atoms with Crippen LogP contribution in [0.25, 0.3) is 0 Å². The van der Waals surface area contributed by atoms with Crippen molar-refractivity contribution < 1.29 is 9.53 Å². The molecule has 0 bridgehead atoms. The van der Waals surface area contributed by atoms with E-state index < -0.39 is 0 Å². The minimum absolute atomic E-state index is 0.192. The molecule has 2 aliphatic rings. The van der Waals surface area contributed by atoms with Crippen LogP contribution in [-0.2, 0) is 9.53 Å². The Kier molecular flexibility index (Phi) is 2.79. The van der Waals surface area contributed by atoms with Crippen molar-refractivity contribution in [1.82, 2.24) is 0 Å². The highest BCUT2D eigenvalue weighted by Gasteiger charge is 2.49. The first kappa shape index (κ1) is 11.6. The highest BCUT2D eigenvalue weighted by atomic mass is 16.5. The largest absolute Gasteiger partial charge is 0.381 e. The van der Waals surface area contributed by atoms with Crippen molar-refractivity contribution in [2.45, 2.75) is 38.7 Å². The maximum absolute atomic E-state index is 12.2. The molecule has 16 heavy (non-hydrogen) atoms. The van der Waals surface area contributed by atoms with Gasteiger partial charge in [-0.1, -0.05) is 20.1 Å². The minimum Gasteiger partial charge on any atom is -0.381 e. The predicted molar refractivity (Wildman–Crippen MR) is 64.1 cm³/mol. The summed E-state index contributed by atoms with van der Waals surface area (Å²) in [5.74, 6) is 0.681. The molecular weight excluding hydrogens is 200 g/mol. The maximum atomic E-state index is 12.2. The average molecular weight is 220 g/mol. The van der Waals surface area contributed by atoms with Gasteiger partial charge in [-0.05, 0) is 37.2 Å². The first-order valence-corrected chi connectivity index (χ1v) is 5.95. The Hall–Kier alpha value is -0.890. The van der Waals surface area contributed by atoms with Crippen molar-refractivity contribution in [3.05, 3.63) is 24.3 Å². The van der Waals surface area contributed by atoms with E-state index in [9.17, 15) is 4.79 Å². The Labute approximate surface area is 97.4 Å². The molecule has 1 spiro atoms. The average Bonchev–Trinajstić information content (AvgIpc) is 2.44. The van der Waals surface area contributed by atoms with E-state index in [-0.39, 0.29) is 11.2 Å². The van der Waals surface area contributed by atoms with Crippen LogP contribution >= 0.6 is 0 Å². The molecule has 3 unspecified atom stereocenters. The number of rotatable bonds is 1. The number of methoxy groups -OCH3 is 1. The molecule has 0 aliphatic heterocycles. The van der Waals surface area contributed by atoms with E-state index in [4.69, 9.17) is 4.74 Å². The SMILES string of the molecule is C=C1CC2(CCC(OC)C(C)C2)C(=O)C1=C. The van der Waals surface area contributed by atoms with Crippen molar-refractivity contribution >= 4 is 5.78 Å². The zero-order valence-electron chi connectivity index (χ0n) is 10.2. The van der Waals surface area contributed by atoms with Gasteiger partial charge in [0.1, 0.15) is 0 Å². The summed E-state index contributed by atoms with van der Waals surface area (Å²) in [6.45, 7) is 9.97. The third kappa shape index (κ3) is 1.56. The fourth-order valence-electron chi connectivity index (χ4n) is 3.35. The van der Waals surface area contributed by atoms with E-state index in [0.29, 0.717) is 17.6 Å². The maximum Gasteiger partial charge on any atom is 0.169 e. The van der Waals surface area contributed by atoms with Crippen LogP contribution in [0.5, 0.6) is 0 Å². The van der Waals surface area contributed by atoms with Gasteiger partial charge in [0.15, 0.2) is 5.78 Å². The summed E-state index contributed by atoms with van der Waals surface area (Å²) in [4.78, 5) is 12.2. The van der Waals surface area contributed by atoms with Crippen LogP contribution < -0.4 is 0 Å². The highest BCUT2D eigenvalue weighted by Crippen LogP contribution is 2.51. The molecule has 2 nitrogen and oxygen atoms in total. The fourth-order valence-corrected chi connectivity index (χ4v) is 3.35. The van der Waals surface area contributed by atoms with Crippen molar-refractivity contribution in [1.29, 1.82) is 0 Å². The van der Waals surface area contributed by atoms with Gasteiger partial charge in [0.05, 0.1) is 6.10 Å². The molecule has 3 atom stereocenters. The number of carbonyl (C=O) groups is 1. The summed E-state index contributed by atoms with van der Waals surface area (Å²) < 4.78 is 5.44. The molecule has 88 valence electrons. The van der Waals surface area contributed by atoms with E-state index in [2.05, 4.69) is 20.1 Å². The molecule has 0 amide bonds.